The van der Waals surface area contributed by atoms with Crippen molar-refractivity contribution in [3.05, 3.63) is 54.4 Å². The van der Waals surface area contributed by atoms with Crippen molar-refractivity contribution in [1.29, 1.82) is 0 Å². The molecule has 0 saturated carbocycles. The molecule has 156 valence electrons. The van der Waals surface area contributed by atoms with Crippen LogP contribution in [0, 0.1) is 0 Å². The number of piperidine rings is 1. The van der Waals surface area contributed by atoms with Gasteiger partial charge in [-0.3, -0.25) is 15.0 Å². The largest absolute Gasteiger partial charge is 0.493 e. The van der Waals surface area contributed by atoms with Crippen molar-refractivity contribution in [3.8, 4) is 5.75 Å². The average Bonchev–Trinajstić information content (AvgIpc) is 2.74. The molecule has 0 spiro atoms. The number of amides is 1. The lowest BCUT2D eigenvalue weighted by atomic mass is 10.0. The Morgan fingerprint density at radius 3 is 2.55 bits per heavy atom. The van der Waals surface area contributed by atoms with Gasteiger partial charge in [0.15, 0.2) is 0 Å². The highest BCUT2D eigenvalue weighted by Gasteiger charge is 2.42. The average molecular weight is 421 g/mol. The minimum atomic E-state index is -4.04. The normalized spacial score (nSPS) is 20.2. The number of aliphatic hydroxyl groups is 1. The maximum absolute atomic E-state index is 13.0. The fraction of sp³-hybridized carbons (Fsp3) is 0.368. The van der Waals surface area contributed by atoms with Gasteiger partial charge in [-0.05, 0) is 54.8 Å². The van der Waals surface area contributed by atoms with Crippen LogP contribution in [0.25, 0.3) is 0 Å². The van der Waals surface area contributed by atoms with Crippen molar-refractivity contribution in [1.82, 2.24) is 14.8 Å². The van der Waals surface area contributed by atoms with Crippen molar-refractivity contribution in [3.63, 3.8) is 0 Å². The molecule has 1 aromatic carbocycles. The van der Waals surface area contributed by atoms with Crippen LogP contribution in [0.4, 0.5) is 0 Å². The number of benzene rings is 1. The third-order valence-corrected chi connectivity index (χ3v) is 6.67. The third kappa shape index (κ3) is 4.91. The van der Waals surface area contributed by atoms with Crippen molar-refractivity contribution >= 4 is 15.9 Å². The van der Waals surface area contributed by atoms with Gasteiger partial charge in [-0.2, -0.15) is 4.31 Å². The van der Waals surface area contributed by atoms with E-state index in [0.717, 1.165) is 9.87 Å². The van der Waals surface area contributed by atoms with Gasteiger partial charge in [-0.1, -0.05) is 0 Å². The molecular formula is C19H23N3O6S. The molecule has 1 saturated heterocycles. The number of nitrogens with one attached hydrogen (secondary N) is 1. The van der Waals surface area contributed by atoms with Gasteiger partial charge in [0.05, 0.1) is 17.6 Å². The van der Waals surface area contributed by atoms with Crippen LogP contribution in [0.15, 0.2) is 53.7 Å². The molecule has 2 heterocycles. The summed E-state index contributed by atoms with van der Waals surface area (Å²) < 4.78 is 32.5. The second-order valence-corrected chi connectivity index (χ2v) is 8.56. The molecule has 2 aromatic rings. The molecule has 1 fully saturated rings. The van der Waals surface area contributed by atoms with Crippen LogP contribution in [0.1, 0.15) is 18.4 Å². The predicted molar refractivity (Wildman–Crippen MR) is 103 cm³/mol. The van der Waals surface area contributed by atoms with Crippen LogP contribution in [0.5, 0.6) is 5.75 Å². The topological polar surface area (TPSA) is 129 Å². The first kappa shape index (κ1) is 21.2. The number of hydroxylamine groups is 1. The zero-order valence-corrected chi connectivity index (χ0v) is 16.5. The summed E-state index contributed by atoms with van der Waals surface area (Å²) in [4.78, 5) is 15.8. The van der Waals surface area contributed by atoms with E-state index in [1.54, 1.807) is 24.5 Å². The molecule has 9 nitrogen and oxygen atoms in total. The van der Waals surface area contributed by atoms with Gasteiger partial charge in [0.25, 0.3) is 5.91 Å². The highest BCUT2D eigenvalue weighted by molar-refractivity contribution is 7.89. The molecule has 3 rings (SSSR count). The summed E-state index contributed by atoms with van der Waals surface area (Å²) in [6.45, 7) is 0.495. The summed E-state index contributed by atoms with van der Waals surface area (Å²) in [6.07, 6.45) is 3.58. The SMILES string of the molecule is O=C(NO)C1[C@@H](O)CCCN1S(=O)(=O)c1ccc(OCCc2ccncc2)cc1. The van der Waals surface area contributed by atoms with Crippen molar-refractivity contribution in [2.24, 2.45) is 0 Å². The first-order valence-corrected chi connectivity index (χ1v) is 10.6. The highest BCUT2D eigenvalue weighted by Crippen LogP contribution is 2.27. The number of carbonyl (C=O) groups is 1. The zero-order chi connectivity index (χ0) is 20.9. The van der Waals surface area contributed by atoms with Crippen LogP contribution in [0.3, 0.4) is 0 Å². The number of pyridine rings is 1. The summed E-state index contributed by atoms with van der Waals surface area (Å²) in [5.74, 6) is -0.446. The van der Waals surface area contributed by atoms with Gasteiger partial charge in [0.1, 0.15) is 11.8 Å². The lowest BCUT2D eigenvalue weighted by Crippen LogP contribution is -2.57. The predicted octanol–water partition coefficient (Wildman–Crippen LogP) is 0.722. The molecule has 1 aliphatic rings. The molecule has 1 unspecified atom stereocenters. The molecule has 1 amide bonds. The Morgan fingerprint density at radius 2 is 1.90 bits per heavy atom. The second kappa shape index (κ2) is 9.31. The van der Waals surface area contributed by atoms with Crippen LogP contribution in [0.2, 0.25) is 0 Å². The van der Waals surface area contributed by atoms with Crippen molar-refractivity contribution in [2.45, 2.75) is 36.3 Å². The highest BCUT2D eigenvalue weighted by atomic mass is 32.2. The third-order valence-electron chi connectivity index (χ3n) is 4.77. The molecule has 10 heteroatoms. The maximum atomic E-state index is 13.0. The van der Waals surface area contributed by atoms with E-state index in [1.165, 1.54) is 17.6 Å². The van der Waals surface area contributed by atoms with E-state index in [0.29, 0.717) is 25.2 Å². The van der Waals surface area contributed by atoms with Crippen LogP contribution in [-0.4, -0.2) is 59.2 Å². The Bertz CT molecular complexity index is 921. The van der Waals surface area contributed by atoms with Crippen LogP contribution in [-0.2, 0) is 21.2 Å². The van der Waals surface area contributed by atoms with Crippen LogP contribution >= 0.6 is 0 Å². The van der Waals surface area contributed by atoms with Gasteiger partial charge >= 0.3 is 0 Å². The Kier molecular flexibility index (Phi) is 6.80. The number of aliphatic hydroxyl groups excluding tert-OH is 1. The van der Waals surface area contributed by atoms with E-state index in [-0.39, 0.29) is 17.9 Å². The van der Waals surface area contributed by atoms with E-state index in [9.17, 15) is 18.3 Å². The number of rotatable bonds is 7. The van der Waals surface area contributed by atoms with Gasteiger partial charge in [0.2, 0.25) is 10.0 Å². The standard InChI is InChI=1S/C19H23N3O6S/c23-17-2-1-12-22(18(17)19(24)21-25)29(26,27)16-5-3-15(4-6-16)28-13-9-14-7-10-20-11-8-14/h3-8,10-11,17-18,23,25H,1-2,9,12-13H2,(H,21,24)/t17-,18?/m0/s1. The minimum Gasteiger partial charge on any atom is -0.493 e. The van der Waals surface area contributed by atoms with E-state index in [4.69, 9.17) is 9.94 Å². The van der Waals surface area contributed by atoms with Gasteiger partial charge in [-0.15, -0.1) is 0 Å². The lowest BCUT2D eigenvalue weighted by molar-refractivity contribution is -0.138. The molecule has 0 bridgehead atoms. The molecule has 29 heavy (non-hydrogen) atoms. The van der Waals surface area contributed by atoms with E-state index in [2.05, 4.69) is 4.98 Å². The fourth-order valence-electron chi connectivity index (χ4n) is 3.27. The zero-order valence-electron chi connectivity index (χ0n) is 15.6. The summed E-state index contributed by atoms with van der Waals surface area (Å²) in [5.41, 5.74) is 2.52. The Morgan fingerprint density at radius 1 is 1.21 bits per heavy atom. The van der Waals surface area contributed by atoms with Gasteiger partial charge in [-0.25, -0.2) is 13.9 Å². The first-order valence-electron chi connectivity index (χ1n) is 9.19. The summed E-state index contributed by atoms with van der Waals surface area (Å²) in [6, 6.07) is 8.28. The Labute approximate surface area is 169 Å². The van der Waals surface area contributed by atoms with Crippen LogP contribution < -0.4 is 10.2 Å². The molecule has 3 N–H and O–H groups in total. The van der Waals surface area contributed by atoms with E-state index in [1.807, 2.05) is 12.1 Å². The van der Waals surface area contributed by atoms with Gasteiger partial charge < -0.3 is 9.84 Å². The molecule has 2 atom stereocenters. The number of hydrogen-bond donors (Lipinski definition) is 3. The number of ether oxygens (including phenoxy) is 1. The molecular weight excluding hydrogens is 398 g/mol. The number of nitrogens with zero attached hydrogens (tertiary/aromatic N) is 2. The van der Waals surface area contributed by atoms with Crippen molar-refractivity contribution in [2.75, 3.05) is 13.2 Å². The lowest BCUT2D eigenvalue weighted by Gasteiger charge is -2.36. The number of aromatic nitrogens is 1. The monoisotopic (exact) mass is 421 g/mol. The summed E-state index contributed by atoms with van der Waals surface area (Å²) in [7, 11) is -4.04. The number of carbonyl (C=O) groups excluding carboxylic acids is 1. The summed E-state index contributed by atoms with van der Waals surface area (Å²) >= 11 is 0. The second-order valence-electron chi connectivity index (χ2n) is 6.67. The smallest absolute Gasteiger partial charge is 0.264 e. The quantitative estimate of drug-likeness (QED) is 0.444. The van der Waals surface area contributed by atoms with Crippen molar-refractivity contribution < 1.29 is 28.3 Å². The maximum Gasteiger partial charge on any atom is 0.264 e. The molecule has 0 radical (unpaired) electrons. The number of sulfonamides is 1. The van der Waals surface area contributed by atoms with E-state index < -0.39 is 28.1 Å². The Hall–Kier alpha value is -2.53. The van der Waals surface area contributed by atoms with E-state index >= 15 is 0 Å². The summed E-state index contributed by atoms with van der Waals surface area (Å²) in [5, 5.41) is 19.0. The fourth-order valence-corrected chi connectivity index (χ4v) is 4.92. The molecule has 0 aliphatic carbocycles. The number of hydrogen-bond acceptors (Lipinski definition) is 7. The Balaban J connectivity index is 1.69. The minimum absolute atomic E-state index is 0.0242. The molecule has 1 aliphatic heterocycles. The van der Waals surface area contributed by atoms with Gasteiger partial charge in [0, 0.05) is 25.4 Å². The first-order chi connectivity index (χ1) is 13.9. The molecule has 1 aromatic heterocycles.